The number of aliphatic hydroxyl groups is 1. The van der Waals surface area contributed by atoms with Crippen LogP contribution in [0.3, 0.4) is 0 Å². The first-order chi connectivity index (χ1) is 9.04. The summed E-state index contributed by atoms with van der Waals surface area (Å²) >= 11 is 0. The first-order valence-corrected chi connectivity index (χ1v) is 5.87. The van der Waals surface area contributed by atoms with E-state index in [0.717, 1.165) is 17.3 Å². The number of aliphatic hydroxyl groups excluding tert-OH is 1. The minimum Gasteiger partial charge on any atom is -0.389 e. The molecule has 1 atom stereocenters. The van der Waals surface area contributed by atoms with E-state index in [4.69, 9.17) is 5.26 Å². The highest BCUT2D eigenvalue weighted by molar-refractivity contribution is 5.68. The number of hydrogen-bond acceptors (Lipinski definition) is 3. The minimum absolute atomic E-state index is 0.221. The van der Waals surface area contributed by atoms with Crippen molar-refractivity contribution in [2.45, 2.75) is 20.0 Å². The Kier molecular flexibility index (Phi) is 3.59. The zero-order chi connectivity index (χ0) is 14.0. The Morgan fingerprint density at radius 3 is 2.68 bits per heavy atom. The topological polar surface area (TPSA) is 56.9 Å². The fourth-order valence-electron chi connectivity index (χ4n) is 2.06. The summed E-state index contributed by atoms with van der Waals surface area (Å²) in [5.41, 5.74) is 2.88. The van der Waals surface area contributed by atoms with Crippen LogP contribution in [0.15, 0.2) is 30.6 Å². The molecule has 1 N–H and O–H groups in total. The van der Waals surface area contributed by atoms with E-state index >= 15 is 0 Å². The largest absolute Gasteiger partial charge is 0.389 e. The van der Waals surface area contributed by atoms with E-state index in [-0.39, 0.29) is 5.56 Å². The van der Waals surface area contributed by atoms with Gasteiger partial charge in [0.15, 0.2) is 0 Å². The Labute approximate surface area is 111 Å². The summed E-state index contributed by atoms with van der Waals surface area (Å²) in [7, 11) is 0. The van der Waals surface area contributed by atoms with Crippen molar-refractivity contribution in [2.24, 2.45) is 0 Å². The molecule has 0 aliphatic carbocycles. The molecule has 96 valence electrons. The van der Waals surface area contributed by atoms with Gasteiger partial charge >= 0.3 is 0 Å². The molecule has 2 aromatic rings. The lowest BCUT2D eigenvalue weighted by Gasteiger charge is -2.13. The maximum Gasteiger partial charge on any atom is 0.147 e. The summed E-state index contributed by atoms with van der Waals surface area (Å²) in [6, 6.07) is 7.29. The van der Waals surface area contributed by atoms with Crippen LogP contribution in [-0.4, -0.2) is 10.1 Å². The summed E-state index contributed by atoms with van der Waals surface area (Å²) in [6.07, 6.45) is 1.68. The highest BCUT2D eigenvalue weighted by Crippen LogP contribution is 2.30. The zero-order valence-electron chi connectivity index (χ0n) is 10.7. The number of nitrogens with zero attached hydrogens (tertiary/aromatic N) is 2. The number of benzene rings is 1. The van der Waals surface area contributed by atoms with Crippen LogP contribution >= 0.6 is 0 Å². The highest BCUT2D eigenvalue weighted by Gasteiger charge is 2.16. The van der Waals surface area contributed by atoms with Gasteiger partial charge in [-0.05, 0) is 31.0 Å². The third-order valence-electron chi connectivity index (χ3n) is 3.01. The summed E-state index contributed by atoms with van der Waals surface area (Å²) in [6.45, 7) is 3.33. The van der Waals surface area contributed by atoms with Gasteiger partial charge in [0.2, 0.25) is 0 Å². The average Bonchev–Trinajstić information content (AvgIpc) is 2.37. The van der Waals surface area contributed by atoms with Crippen LogP contribution in [-0.2, 0) is 0 Å². The maximum atomic E-state index is 13.8. The third kappa shape index (κ3) is 2.47. The van der Waals surface area contributed by atoms with Crippen LogP contribution in [0.2, 0.25) is 0 Å². The van der Waals surface area contributed by atoms with Gasteiger partial charge in [0.25, 0.3) is 0 Å². The number of pyridine rings is 1. The van der Waals surface area contributed by atoms with Crippen LogP contribution in [0.25, 0.3) is 11.1 Å². The second kappa shape index (κ2) is 5.17. The molecule has 0 fully saturated rings. The molecular weight excluding hydrogens is 243 g/mol. The molecule has 2 rings (SSSR count). The highest BCUT2D eigenvalue weighted by atomic mass is 19.1. The second-order valence-electron chi connectivity index (χ2n) is 4.40. The third-order valence-corrected chi connectivity index (χ3v) is 3.01. The number of nitriles is 1. The summed E-state index contributed by atoms with van der Waals surface area (Å²) in [5.74, 6) is -0.533. The number of hydrogen-bond donors (Lipinski definition) is 1. The Balaban J connectivity index is 2.63. The molecule has 0 saturated carbocycles. The van der Waals surface area contributed by atoms with Gasteiger partial charge in [0.1, 0.15) is 5.82 Å². The van der Waals surface area contributed by atoms with Gasteiger partial charge in [0.05, 0.1) is 23.9 Å². The average molecular weight is 256 g/mol. The normalized spacial score (nSPS) is 11.9. The fraction of sp³-hybridized carbons (Fsp3) is 0.200. The second-order valence-corrected chi connectivity index (χ2v) is 4.40. The van der Waals surface area contributed by atoms with Crippen LogP contribution < -0.4 is 0 Å². The summed E-state index contributed by atoms with van der Waals surface area (Å²) in [5, 5.41) is 18.6. The van der Waals surface area contributed by atoms with Gasteiger partial charge in [-0.15, -0.1) is 0 Å². The Hall–Kier alpha value is -2.25. The molecule has 1 heterocycles. The predicted molar refractivity (Wildman–Crippen MR) is 69.7 cm³/mol. The Morgan fingerprint density at radius 1 is 1.37 bits per heavy atom. The van der Waals surface area contributed by atoms with Crippen molar-refractivity contribution in [2.75, 3.05) is 0 Å². The van der Waals surface area contributed by atoms with Crippen molar-refractivity contribution in [3.8, 4) is 17.2 Å². The van der Waals surface area contributed by atoms with Crippen LogP contribution in [0.5, 0.6) is 0 Å². The standard InChI is InChI=1S/C15H13FN2O/c1-9-5-11(3-4-12(9)6-17)13-7-18-8-14(16)15(13)10(2)19/h3-5,7-8,10,19H,1-2H3. The van der Waals surface area contributed by atoms with E-state index in [1.807, 2.05) is 6.92 Å². The van der Waals surface area contributed by atoms with Crippen molar-refractivity contribution in [1.82, 2.24) is 4.98 Å². The number of rotatable bonds is 2. The molecule has 4 heteroatoms. The lowest BCUT2D eigenvalue weighted by Crippen LogP contribution is -2.01. The van der Waals surface area contributed by atoms with Crippen LogP contribution in [0.4, 0.5) is 4.39 Å². The number of aromatic nitrogens is 1. The van der Waals surface area contributed by atoms with E-state index < -0.39 is 11.9 Å². The minimum atomic E-state index is -0.922. The first-order valence-electron chi connectivity index (χ1n) is 5.87. The summed E-state index contributed by atoms with van der Waals surface area (Å²) in [4.78, 5) is 3.82. The van der Waals surface area contributed by atoms with Gasteiger partial charge in [-0.3, -0.25) is 4.98 Å². The predicted octanol–water partition coefficient (Wildman–Crippen LogP) is 3.12. The number of aryl methyl sites for hydroxylation is 1. The van der Waals surface area contributed by atoms with Crippen molar-refractivity contribution in [3.05, 3.63) is 53.1 Å². The molecule has 0 bridgehead atoms. The van der Waals surface area contributed by atoms with Crippen LogP contribution in [0.1, 0.15) is 29.7 Å². The SMILES string of the molecule is Cc1cc(-c2cncc(F)c2C(C)O)ccc1C#N. The van der Waals surface area contributed by atoms with Crippen molar-refractivity contribution >= 4 is 0 Å². The first kappa shape index (κ1) is 13.2. The summed E-state index contributed by atoms with van der Waals surface area (Å²) < 4.78 is 13.8. The van der Waals surface area contributed by atoms with Gasteiger partial charge < -0.3 is 5.11 Å². The Bertz CT molecular complexity index is 660. The van der Waals surface area contributed by atoms with Gasteiger partial charge in [0, 0.05) is 17.3 Å². The quantitative estimate of drug-likeness (QED) is 0.898. The lowest BCUT2D eigenvalue weighted by atomic mass is 9.96. The van der Waals surface area contributed by atoms with Gasteiger partial charge in [-0.1, -0.05) is 12.1 Å². The molecule has 0 aliphatic heterocycles. The fourth-order valence-corrected chi connectivity index (χ4v) is 2.06. The van der Waals surface area contributed by atoms with E-state index in [1.165, 1.54) is 13.1 Å². The molecule has 3 nitrogen and oxygen atoms in total. The van der Waals surface area contributed by atoms with E-state index in [1.54, 1.807) is 18.2 Å². The van der Waals surface area contributed by atoms with E-state index in [2.05, 4.69) is 11.1 Å². The Morgan fingerprint density at radius 2 is 2.11 bits per heavy atom. The molecule has 0 radical (unpaired) electrons. The molecule has 1 aromatic heterocycles. The monoisotopic (exact) mass is 256 g/mol. The molecule has 0 aliphatic rings. The van der Waals surface area contributed by atoms with Crippen LogP contribution in [0, 0.1) is 24.1 Å². The van der Waals surface area contributed by atoms with Crippen molar-refractivity contribution in [3.63, 3.8) is 0 Å². The van der Waals surface area contributed by atoms with Crippen molar-refractivity contribution < 1.29 is 9.50 Å². The molecule has 0 saturated heterocycles. The molecule has 0 spiro atoms. The smallest absolute Gasteiger partial charge is 0.147 e. The number of halogens is 1. The van der Waals surface area contributed by atoms with Gasteiger partial charge in [-0.25, -0.2) is 4.39 Å². The molecule has 0 amide bonds. The molecular formula is C15H13FN2O. The van der Waals surface area contributed by atoms with E-state index in [9.17, 15) is 9.50 Å². The molecule has 19 heavy (non-hydrogen) atoms. The van der Waals surface area contributed by atoms with Gasteiger partial charge in [-0.2, -0.15) is 5.26 Å². The lowest BCUT2D eigenvalue weighted by molar-refractivity contribution is 0.194. The molecule has 1 aromatic carbocycles. The maximum absolute atomic E-state index is 13.8. The van der Waals surface area contributed by atoms with E-state index in [0.29, 0.717) is 11.1 Å². The van der Waals surface area contributed by atoms with Crippen molar-refractivity contribution in [1.29, 1.82) is 5.26 Å². The molecule has 1 unspecified atom stereocenters. The zero-order valence-corrected chi connectivity index (χ0v) is 10.7.